The summed E-state index contributed by atoms with van der Waals surface area (Å²) in [6.07, 6.45) is -0.146. The minimum absolute atomic E-state index is 0. The SMILES string of the molecule is C=C(C)C(=O)C1CO1.Cl. The fourth-order valence-electron chi connectivity index (χ4n) is 0.474. The van der Waals surface area contributed by atoms with Crippen molar-refractivity contribution in [3.8, 4) is 0 Å². The Labute approximate surface area is 60.3 Å². The van der Waals surface area contributed by atoms with Crippen LogP contribution in [-0.2, 0) is 9.53 Å². The topological polar surface area (TPSA) is 29.6 Å². The lowest BCUT2D eigenvalue weighted by atomic mass is 10.2. The smallest absolute Gasteiger partial charge is 0.189 e. The van der Waals surface area contributed by atoms with Crippen LogP contribution in [0, 0.1) is 0 Å². The molecule has 2 nitrogen and oxygen atoms in total. The maximum Gasteiger partial charge on any atom is 0.189 e. The van der Waals surface area contributed by atoms with Gasteiger partial charge in [-0.1, -0.05) is 6.58 Å². The molecule has 3 heteroatoms. The highest BCUT2D eigenvalue weighted by Gasteiger charge is 2.30. The molecule has 1 saturated heterocycles. The first-order valence-electron chi connectivity index (χ1n) is 2.53. The van der Waals surface area contributed by atoms with Gasteiger partial charge in [0.05, 0.1) is 6.61 Å². The quantitative estimate of drug-likeness (QED) is 0.431. The molecule has 0 aromatic rings. The summed E-state index contributed by atoms with van der Waals surface area (Å²) in [5, 5.41) is 0. The molecule has 52 valence electrons. The highest BCUT2D eigenvalue weighted by Crippen LogP contribution is 2.13. The molecule has 1 aliphatic heterocycles. The van der Waals surface area contributed by atoms with E-state index in [-0.39, 0.29) is 24.3 Å². The van der Waals surface area contributed by atoms with Gasteiger partial charge in [-0.15, -0.1) is 12.4 Å². The van der Waals surface area contributed by atoms with E-state index >= 15 is 0 Å². The van der Waals surface area contributed by atoms with Gasteiger partial charge in [-0.2, -0.15) is 0 Å². The molecule has 0 spiro atoms. The maximum atomic E-state index is 10.7. The number of hydrogen-bond acceptors (Lipinski definition) is 2. The molecule has 0 bridgehead atoms. The van der Waals surface area contributed by atoms with E-state index in [4.69, 9.17) is 4.74 Å². The van der Waals surface area contributed by atoms with Crippen LogP contribution in [0.3, 0.4) is 0 Å². The Morgan fingerprint density at radius 2 is 2.22 bits per heavy atom. The Hall–Kier alpha value is -0.340. The van der Waals surface area contributed by atoms with Gasteiger partial charge in [-0.05, 0) is 12.5 Å². The molecule has 0 aromatic heterocycles. The van der Waals surface area contributed by atoms with Crippen LogP contribution in [0.15, 0.2) is 12.2 Å². The molecule has 0 aromatic carbocycles. The standard InChI is InChI=1S/C6H8O2.ClH/c1-4(2)6(7)5-3-8-5;/h5H,1,3H2,2H3;1H. The van der Waals surface area contributed by atoms with Gasteiger partial charge in [0.2, 0.25) is 0 Å². The van der Waals surface area contributed by atoms with Gasteiger partial charge < -0.3 is 4.74 Å². The van der Waals surface area contributed by atoms with Crippen molar-refractivity contribution in [1.82, 2.24) is 0 Å². The molecule has 9 heavy (non-hydrogen) atoms. The fourth-order valence-corrected chi connectivity index (χ4v) is 0.474. The first-order valence-corrected chi connectivity index (χ1v) is 2.53. The predicted molar refractivity (Wildman–Crippen MR) is 36.8 cm³/mol. The van der Waals surface area contributed by atoms with Crippen molar-refractivity contribution in [1.29, 1.82) is 0 Å². The van der Waals surface area contributed by atoms with E-state index in [9.17, 15) is 4.79 Å². The van der Waals surface area contributed by atoms with E-state index in [1.54, 1.807) is 6.92 Å². The van der Waals surface area contributed by atoms with E-state index in [1.807, 2.05) is 0 Å². The number of rotatable bonds is 2. The Morgan fingerprint density at radius 3 is 2.33 bits per heavy atom. The lowest BCUT2D eigenvalue weighted by Crippen LogP contribution is -2.05. The summed E-state index contributed by atoms with van der Waals surface area (Å²) >= 11 is 0. The van der Waals surface area contributed by atoms with Crippen LogP contribution in [0.2, 0.25) is 0 Å². The van der Waals surface area contributed by atoms with Crippen molar-refractivity contribution in [2.45, 2.75) is 13.0 Å². The zero-order valence-corrected chi connectivity index (χ0v) is 6.03. The summed E-state index contributed by atoms with van der Waals surface area (Å²) < 4.78 is 4.72. The number of carbonyl (C=O) groups excluding carboxylic acids is 1. The van der Waals surface area contributed by atoms with Crippen LogP contribution in [-0.4, -0.2) is 18.5 Å². The lowest BCUT2D eigenvalue weighted by Gasteiger charge is -1.88. The molecule has 1 heterocycles. The minimum atomic E-state index is -0.146. The van der Waals surface area contributed by atoms with Crippen LogP contribution in [0.4, 0.5) is 0 Å². The Bertz CT molecular complexity index is 138. The zero-order valence-electron chi connectivity index (χ0n) is 5.22. The molecule has 0 amide bonds. The summed E-state index contributed by atoms with van der Waals surface area (Å²) in [6.45, 7) is 5.77. The van der Waals surface area contributed by atoms with Crippen molar-refractivity contribution < 1.29 is 9.53 Å². The summed E-state index contributed by atoms with van der Waals surface area (Å²) in [6, 6.07) is 0. The second-order valence-corrected chi connectivity index (χ2v) is 1.97. The molecule has 0 radical (unpaired) electrons. The average molecular weight is 149 g/mol. The zero-order chi connectivity index (χ0) is 6.15. The largest absolute Gasteiger partial charge is 0.364 e. The molecule has 0 aliphatic carbocycles. The maximum absolute atomic E-state index is 10.7. The van der Waals surface area contributed by atoms with Crippen molar-refractivity contribution in [3.05, 3.63) is 12.2 Å². The number of Topliss-reactive ketones (excluding diaryl/α,β-unsaturated/α-hetero) is 1. The number of ether oxygens (including phenoxy) is 1. The number of ketones is 1. The minimum Gasteiger partial charge on any atom is -0.364 e. The fraction of sp³-hybridized carbons (Fsp3) is 0.500. The highest BCUT2D eigenvalue weighted by molar-refractivity contribution is 5.99. The van der Waals surface area contributed by atoms with Crippen molar-refractivity contribution in [2.75, 3.05) is 6.61 Å². The first kappa shape index (κ1) is 8.66. The molecule has 0 saturated carbocycles. The van der Waals surface area contributed by atoms with Gasteiger partial charge in [-0.25, -0.2) is 0 Å². The molecular weight excluding hydrogens is 140 g/mol. The van der Waals surface area contributed by atoms with Gasteiger partial charge in [-0.3, -0.25) is 4.79 Å². The predicted octanol–water partition coefficient (Wildman–Crippen LogP) is 0.952. The van der Waals surface area contributed by atoms with Gasteiger partial charge in [0.25, 0.3) is 0 Å². The summed E-state index contributed by atoms with van der Waals surface area (Å²) in [5.74, 6) is 0.0463. The molecule has 1 aliphatic rings. The molecule has 1 unspecified atom stereocenters. The third-order valence-corrected chi connectivity index (χ3v) is 1.05. The van der Waals surface area contributed by atoms with Gasteiger partial charge in [0.15, 0.2) is 5.78 Å². The molecule has 1 rings (SSSR count). The van der Waals surface area contributed by atoms with Crippen molar-refractivity contribution in [2.24, 2.45) is 0 Å². The van der Waals surface area contributed by atoms with Gasteiger partial charge in [0, 0.05) is 0 Å². The summed E-state index contributed by atoms with van der Waals surface area (Å²) in [7, 11) is 0. The summed E-state index contributed by atoms with van der Waals surface area (Å²) in [5.41, 5.74) is 0.590. The second kappa shape index (κ2) is 2.99. The third-order valence-electron chi connectivity index (χ3n) is 1.05. The van der Waals surface area contributed by atoms with Crippen LogP contribution < -0.4 is 0 Å². The monoisotopic (exact) mass is 148 g/mol. The third kappa shape index (κ3) is 2.16. The van der Waals surface area contributed by atoms with E-state index < -0.39 is 0 Å². The van der Waals surface area contributed by atoms with Crippen molar-refractivity contribution in [3.63, 3.8) is 0 Å². The number of hydrogen-bond donors (Lipinski definition) is 0. The Kier molecular flexibility index (Phi) is 2.88. The van der Waals surface area contributed by atoms with Crippen LogP contribution in [0.25, 0.3) is 0 Å². The number of epoxide rings is 1. The second-order valence-electron chi connectivity index (χ2n) is 1.97. The van der Waals surface area contributed by atoms with Gasteiger partial charge in [0.1, 0.15) is 6.10 Å². The molecule has 1 atom stereocenters. The van der Waals surface area contributed by atoms with Crippen LogP contribution >= 0.6 is 12.4 Å². The first-order chi connectivity index (χ1) is 3.72. The molecule has 0 N–H and O–H groups in total. The Balaban J connectivity index is 0.000000640. The Morgan fingerprint density at radius 1 is 1.78 bits per heavy atom. The normalized spacial score (nSPS) is 22.1. The van der Waals surface area contributed by atoms with Crippen molar-refractivity contribution >= 4 is 18.2 Å². The number of carbonyl (C=O) groups is 1. The highest BCUT2D eigenvalue weighted by atomic mass is 35.5. The summed E-state index contributed by atoms with van der Waals surface area (Å²) in [4.78, 5) is 10.7. The van der Waals surface area contributed by atoms with E-state index in [1.165, 1.54) is 0 Å². The average Bonchev–Trinajstić information content (AvgIpc) is 2.43. The van der Waals surface area contributed by atoms with E-state index in [0.717, 1.165) is 0 Å². The molecule has 1 fully saturated rings. The van der Waals surface area contributed by atoms with Gasteiger partial charge >= 0.3 is 0 Å². The van der Waals surface area contributed by atoms with E-state index in [0.29, 0.717) is 12.2 Å². The van der Waals surface area contributed by atoms with Crippen LogP contribution in [0.5, 0.6) is 0 Å². The van der Waals surface area contributed by atoms with E-state index in [2.05, 4.69) is 6.58 Å². The molecular formula is C6H9ClO2. The van der Waals surface area contributed by atoms with Crippen LogP contribution in [0.1, 0.15) is 6.92 Å². The number of halogens is 1. The lowest BCUT2D eigenvalue weighted by molar-refractivity contribution is -0.116.